The number of alkyl halides is 3. The molecule has 0 saturated heterocycles. The number of carbonyl (C=O) groups is 1. The summed E-state index contributed by atoms with van der Waals surface area (Å²) in [5, 5.41) is 8.53. The van der Waals surface area contributed by atoms with Crippen LogP contribution in [0.3, 0.4) is 0 Å². The molecular formula is C10H11F3N2O2. The van der Waals surface area contributed by atoms with Crippen LogP contribution < -0.4 is 0 Å². The van der Waals surface area contributed by atoms with Crippen molar-refractivity contribution in [2.24, 2.45) is 5.92 Å². The second kappa shape index (κ2) is 5.11. The third-order valence-electron chi connectivity index (χ3n) is 2.07. The highest BCUT2D eigenvalue weighted by Gasteiger charge is 2.34. The first-order valence-corrected chi connectivity index (χ1v) is 4.89. The normalized spacial score (nSPS) is 13.4. The Bertz CT molecular complexity index is 390. The van der Waals surface area contributed by atoms with Crippen LogP contribution in [0.2, 0.25) is 0 Å². The molecule has 1 heterocycles. The lowest BCUT2D eigenvalue weighted by Crippen LogP contribution is -2.12. The van der Waals surface area contributed by atoms with Gasteiger partial charge in [0.15, 0.2) is 0 Å². The van der Waals surface area contributed by atoms with Gasteiger partial charge in [-0.15, -0.1) is 0 Å². The lowest BCUT2D eigenvalue weighted by Gasteiger charge is -2.09. The first-order valence-electron chi connectivity index (χ1n) is 4.89. The molecule has 0 aromatic carbocycles. The molecule has 1 aromatic rings. The number of aromatic nitrogens is 2. The Balaban J connectivity index is 2.66. The Kier molecular flexibility index (Phi) is 4.03. The summed E-state index contributed by atoms with van der Waals surface area (Å²) in [6.45, 7) is 1.70. The van der Waals surface area contributed by atoms with Gasteiger partial charge >= 0.3 is 12.1 Å². The molecule has 0 radical (unpaired) electrons. The summed E-state index contributed by atoms with van der Waals surface area (Å²) >= 11 is 0. The van der Waals surface area contributed by atoms with Gasteiger partial charge in [-0.1, -0.05) is 6.92 Å². The molecule has 0 fully saturated rings. The van der Waals surface area contributed by atoms with Crippen molar-refractivity contribution in [3.8, 4) is 0 Å². The van der Waals surface area contributed by atoms with Crippen LogP contribution >= 0.6 is 0 Å². The van der Waals surface area contributed by atoms with E-state index in [-0.39, 0.29) is 12.3 Å². The summed E-state index contributed by atoms with van der Waals surface area (Å²) < 4.78 is 36.5. The largest absolute Gasteiger partial charge is 0.481 e. The van der Waals surface area contributed by atoms with Crippen molar-refractivity contribution in [3.05, 3.63) is 23.8 Å². The minimum Gasteiger partial charge on any atom is -0.481 e. The van der Waals surface area contributed by atoms with Crippen LogP contribution in [0.1, 0.15) is 24.7 Å². The molecule has 17 heavy (non-hydrogen) atoms. The van der Waals surface area contributed by atoms with E-state index in [4.69, 9.17) is 5.11 Å². The Morgan fingerprint density at radius 1 is 1.41 bits per heavy atom. The minimum absolute atomic E-state index is 0.0407. The highest BCUT2D eigenvalue weighted by molar-refractivity contribution is 5.66. The average molecular weight is 248 g/mol. The standard InChI is InChI=1S/C10H11F3N2O2/c1-6(3-8(16)17)2-7-4-14-9(15-5-7)10(11,12)13/h4-6H,2-3H2,1H3,(H,16,17). The molecule has 0 aliphatic carbocycles. The maximum Gasteiger partial charge on any atom is 0.451 e. The molecule has 0 aliphatic heterocycles. The molecule has 4 nitrogen and oxygen atoms in total. The fraction of sp³-hybridized carbons (Fsp3) is 0.500. The molecule has 1 N–H and O–H groups in total. The van der Waals surface area contributed by atoms with Gasteiger partial charge in [0.25, 0.3) is 0 Å². The van der Waals surface area contributed by atoms with Gasteiger partial charge in [0.2, 0.25) is 5.82 Å². The van der Waals surface area contributed by atoms with Crippen molar-refractivity contribution in [1.29, 1.82) is 0 Å². The van der Waals surface area contributed by atoms with Gasteiger partial charge in [0, 0.05) is 18.8 Å². The van der Waals surface area contributed by atoms with Crippen LogP contribution in [-0.2, 0) is 17.4 Å². The number of rotatable bonds is 4. The van der Waals surface area contributed by atoms with Crippen molar-refractivity contribution in [3.63, 3.8) is 0 Å². The maximum absolute atomic E-state index is 12.2. The highest BCUT2D eigenvalue weighted by Crippen LogP contribution is 2.25. The van der Waals surface area contributed by atoms with Crippen LogP contribution in [0.5, 0.6) is 0 Å². The highest BCUT2D eigenvalue weighted by atomic mass is 19.4. The molecule has 0 saturated carbocycles. The van der Waals surface area contributed by atoms with Crippen molar-refractivity contribution >= 4 is 5.97 Å². The third-order valence-corrected chi connectivity index (χ3v) is 2.07. The summed E-state index contributed by atoms with van der Waals surface area (Å²) in [5.41, 5.74) is 0.492. The Morgan fingerprint density at radius 3 is 2.35 bits per heavy atom. The van der Waals surface area contributed by atoms with Gasteiger partial charge in [-0.3, -0.25) is 4.79 Å². The van der Waals surface area contributed by atoms with Crippen LogP contribution in [0.15, 0.2) is 12.4 Å². The molecule has 1 unspecified atom stereocenters. The number of nitrogens with zero attached hydrogens (tertiary/aromatic N) is 2. The number of carboxylic acid groups (broad SMARTS) is 1. The predicted octanol–water partition coefficient (Wildman–Crippen LogP) is 2.15. The number of halogens is 3. The van der Waals surface area contributed by atoms with Gasteiger partial charge in [-0.05, 0) is 17.9 Å². The van der Waals surface area contributed by atoms with Crippen molar-refractivity contribution in [2.75, 3.05) is 0 Å². The second-order valence-corrected chi connectivity index (χ2v) is 3.82. The molecule has 0 aliphatic rings. The van der Waals surface area contributed by atoms with E-state index in [0.29, 0.717) is 12.0 Å². The topological polar surface area (TPSA) is 63.1 Å². The zero-order valence-corrected chi connectivity index (χ0v) is 9.03. The monoisotopic (exact) mass is 248 g/mol. The van der Waals surface area contributed by atoms with E-state index in [9.17, 15) is 18.0 Å². The van der Waals surface area contributed by atoms with Crippen molar-refractivity contribution < 1.29 is 23.1 Å². The van der Waals surface area contributed by atoms with Crippen LogP contribution in [0, 0.1) is 5.92 Å². The van der Waals surface area contributed by atoms with E-state index >= 15 is 0 Å². The van der Waals surface area contributed by atoms with E-state index in [1.807, 2.05) is 0 Å². The molecule has 1 aromatic heterocycles. The molecule has 0 spiro atoms. The summed E-state index contributed by atoms with van der Waals surface area (Å²) in [6.07, 6.45) is -2.10. The van der Waals surface area contributed by atoms with Crippen LogP contribution in [0.4, 0.5) is 13.2 Å². The van der Waals surface area contributed by atoms with Gasteiger partial charge < -0.3 is 5.11 Å². The first kappa shape index (κ1) is 13.4. The van der Waals surface area contributed by atoms with Crippen LogP contribution in [0.25, 0.3) is 0 Å². The predicted molar refractivity (Wildman–Crippen MR) is 52.2 cm³/mol. The number of carboxylic acids is 1. The average Bonchev–Trinajstić information content (AvgIpc) is 2.15. The zero-order chi connectivity index (χ0) is 13.1. The Hall–Kier alpha value is -1.66. The van der Waals surface area contributed by atoms with E-state index in [1.165, 1.54) is 0 Å². The van der Waals surface area contributed by atoms with Crippen molar-refractivity contribution in [2.45, 2.75) is 25.9 Å². The minimum atomic E-state index is -4.55. The van der Waals surface area contributed by atoms with E-state index < -0.39 is 18.0 Å². The SMILES string of the molecule is CC(CC(=O)O)Cc1cnc(C(F)(F)F)nc1. The summed E-state index contributed by atoms with van der Waals surface area (Å²) in [6, 6.07) is 0. The lowest BCUT2D eigenvalue weighted by atomic mass is 10.0. The Labute approximate surface area is 95.5 Å². The third kappa shape index (κ3) is 4.38. The molecule has 1 atom stereocenters. The van der Waals surface area contributed by atoms with E-state index in [1.54, 1.807) is 6.92 Å². The molecule has 7 heteroatoms. The summed E-state index contributed by atoms with van der Waals surface area (Å²) in [4.78, 5) is 16.8. The van der Waals surface area contributed by atoms with Gasteiger partial charge in [0.05, 0.1) is 0 Å². The fourth-order valence-corrected chi connectivity index (χ4v) is 1.38. The molecule has 0 amide bonds. The number of aliphatic carboxylic acids is 1. The molecular weight excluding hydrogens is 237 g/mol. The number of hydrogen-bond acceptors (Lipinski definition) is 3. The van der Waals surface area contributed by atoms with E-state index in [0.717, 1.165) is 12.4 Å². The quantitative estimate of drug-likeness (QED) is 0.886. The number of hydrogen-bond donors (Lipinski definition) is 1. The lowest BCUT2D eigenvalue weighted by molar-refractivity contribution is -0.145. The van der Waals surface area contributed by atoms with E-state index in [2.05, 4.69) is 9.97 Å². The Morgan fingerprint density at radius 2 is 1.94 bits per heavy atom. The van der Waals surface area contributed by atoms with Gasteiger partial charge in [-0.25, -0.2) is 9.97 Å². The van der Waals surface area contributed by atoms with Gasteiger partial charge in [0.1, 0.15) is 0 Å². The smallest absolute Gasteiger partial charge is 0.451 e. The summed E-state index contributed by atoms with van der Waals surface area (Å²) in [7, 11) is 0. The molecule has 0 bridgehead atoms. The fourth-order valence-electron chi connectivity index (χ4n) is 1.38. The second-order valence-electron chi connectivity index (χ2n) is 3.82. The van der Waals surface area contributed by atoms with Gasteiger partial charge in [-0.2, -0.15) is 13.2 Å². The zero-order valence-electron chi connectivity index (χ0n) is 9.03. The summed E-state index contributed by atoms with van der Waals surface area (Å²) in [5.74, 6) is -2.30. The maximum atomic E-state index is 12.2. The van der Waals surface area contributed by atoms with Crippen molar-refractivity contribution in [1.82, 2.24) is 9.97 Å². The first-order chi connectivity index (χ1) is 7.79. The van der Waals surface area contributed by atoms with Crippen LogP contribution in [-0.4, -0.2) is 21.0 Å². The molecule has 1 rings (SSSR count). The molecule has 94 valence electrons.